The predicted octanol–water partition coefficient (Wildman–Crippen LogP) is 4.00. The van der Waals surface area contributed by atoms with Gasteiger partial charge >= 0.3 is 0 Å². The number of aromatic nitrogens is 5. The topological polar surface area (TPSA) is 77.8 Å². The largest absolute Gasteiger partial charge is 0.472 e. The Bertz CT molecular complexity index is 1080. The van der Waals surface area contributed by atoms with Crippen molar-refractivity contribution in [3.8, 4) is 11.6 Å². The lowest BCUT2D eigenvalue weighted by Gasteiger charge is -2.20. The van der Waals surface area contributed by atoms with Crippen LogP contribution in [0.1, 0.15) is 26.3 Å². The second kappa shape index (κ2) is 7.26. The highest BCUT2D eigenvalue weighted by molar-refractivity contribution is 5.87. The van der Waals surface area contributed by atoms with Crippen LogP contribution in [0.2, 0.25) is 0 Å². The zero-order valence-electron chi connectivity index (χ0n) is 16.1. The summed E-state index contributed by atoms with van der Waals surface area (Å²) in [5.41, 5.74) is 2.48. The Morgan fingerprint density at radius 2 is 1.86 bits per heavy atom. The second-order valence-corrected chi connectivity index (χ2v) is 7.42. The van der Waals surface area contributed by atoms with E-state index in [-0.39, 0.29) is 5.60 Å². The third kappa shape index (κ3) is 3.93. The monoisotopic (exact) mass is 374 g/mol. The van der Waals surface area contributed by atoms with Crippen molar-refractivity contribution < 1.29 is 4.74 Å². The highest BCUT2D eigenvalue weighted by Crippen LogP contribution is 2.22. The van der Waals surface area contributed by atoms with Gasteiger partial charge in [0.25, 0.3) is 0 Å². The van der Waals surface area contributed by atoms with Crippen molar-refractivity contribution in [1.82, 2.24) is 24.7 Å². The Hall–Kier alpha value is -3.48. The summed E-state index contributed by atoms with van der Waals surface area (Å²) in [6, 6.07) is 13.8. The van der Waals surface area contributed by atoms with Gasteiger partial charge in [-0.1, -0.05) is 18.2 Å². The number of ether oxygens (including phenoxy) is 1. The van der Waals surface area contributed by atoms with E-state index >= 15 is 0 Å². The minimum Gasteiger partial charge on any atom is -0.472 e. The Kier molecular flexibility index (Phi) is 4.65. The van der Waals surface area contributed by atoms with Gasteiger partial charge in [-0.15, -0.1) is 0 Å². The van der Waals surface area contributed by atoms with Gasteiger partial charge in [-0.3, -0.25) is 0 Å². The summed E-state index contributed by atoms with van der Waals surface area (Å²) in [5.74, 6) is 1.35. The Labute approximate surface area is 163 Å². The van der Waals surface area contributed by atoms with Gasteiger partial charge in [0.05, 0.1) is 17.3 Å². The van der Waals surface area contributed by atoms with Crippen LogP contribution in [0, 0.1) is 0 Å². The minimum atomic E-state index is -0.288. The molecule has 4 rings (SSSR count). The minimum absolute atomic E-state index is 0.288. The molecule has 0 atom stereocenters. The number of nitrogens with zero attached hydrogens (tertiary/aromatic N) is 5. The molecule has 28 heavy (non-hydrogen) atoms. The highest BCUT2D eigenvalue weighted by Gasteiger charge is 2.14. The molecule has 7 heteroatoms. The molecule has 142 valence electrons. The zero-order chi connectivity index (χ0) is 19.6. The van der Waals surface area contributed by atoms with Crippen LogP contribution in [0.5, 0.6) is 5.88 Å². The van der Waals surface area contributed by atoms with Crippen molar-refractivity contribution in [3.63, 3.8) is 0 Å². The second-order valence-electron chi connectivity index (χ2n) is 7.42. The van der Waals surface area contributed by atoms with Gasteiger partial charge in [-0.25, -0.2) is 19.6 Å². The normalized spacial score (nSPS) is 11.5. The number of para-hydroxylation sites is 1. The van der Waals surface area contributed by atoms with E-state index in [1.54, 1.807) is 18.7 Å². The van der Waals surface area contributed by atoms with Crippen molar-refractivity contribution in [2.24, 2.45) is 0 Å². The molecule has 0 radical (unpaired) electrons. The summed E-state index contributed by atoms with van der Waals surface area (Å²) in [4.78, 5) is 13.1. The number of benzene rings is 1. The Morgan fingerprint density at radius 3 is 2.64 bits per heavy atom. The number of nitrogens with one attached hydrogen (secondary N) is 1. The molecular formula is C21H22N6O. The van der Waals surface area contributed by atoms with Crippen LogP contribution in [-0.4, -0.2) is 30.3 Å². The van der Waals surface area contributed by atoms with Crippen LogP contribution in [-0.2, 0) is 6.54 Å². The van der Waals surface area contributed by atoms with Crippen molar-refractivity contribution in [3.05, 3.63) is 66.7 Å². The Balaban J connectivity index is 1.56. The summed E-state index contributed by atoms with van der Waals surface area (Å²) in [6.07, 6.45) is 5.08. The SMILES string of the molecule is CC(C)(C)Oc1cc(CNc2ncnc3c2cnn3-c2ccccc2)ccn1. The van der Waals surface area contributed by atoms with E-state index in [0.29, 0.717) is 12.4 Å². The van der Waals surface area contributed by atoms with Crippen LogP contribution in [0.25, 0.3) is 16.7 Å². The third-order valence-corrected chi connectivity index (χ3v) is 4.04. The number of anilines is 1. The van der Waals surface area contributed by atoms with E-state index in [9.17, 15) is 0 Å². The van der Waals surface area contributed by atoms with Gasteiger partial charge < -0.3 is 10.1 Å². The first kappa shape index (κ1) is 17.9. The standard InChI is InChI=1S/C21H22N6O/c1-21(2,3)28-18-11-15(9-10-22-18)12-23-19-17-13-26-27(20(17)25-14-24-19)16-7-5-4-6-8-16/h4-11,13-14H,12H2,1-3H3,(H,23,24,25). The molecule has 0 saturated carbocycles. The molecule has 0 unspecified atom stereocenters. The van der Waals surface area contributed by atoms with E-state index in [0.717, 1.165) is 28.1 Å². The number of rotatable bonds is 5. The van der Waals surface area contributed by atoms with Gasteiger partial charge in [-0.05, 0) is 44.5 Å². The summed E-state index contributed by atoms with van der Waals surface area (Å²) in [6.45, 7) is 6.59. The lowest BCUT2D eigenvalue weighted by molar-refractivity contribution is 0.124. The molecule has 0 fully saturated rings. The van der Waals surface area contributed by atoms with Gasteiger partial charge in [-0.2, -0.15) is 5.10 Å². The molecule has 0 bridgehead atoms. The average molecular weight is 374 g/mol. The van der Waals surface area contributed by atoms with Crippen LogP contribution in [0.15, 0.2) is 61.2 Å². The van der Waals surface area contributed by atoms with Gasteiger partial charge in [0.2, 0.25) is 5.88 Å². The van der Waals surface area contributed by atoms with E-state index in [1.165, 1.54) is 0 Å². The van der Waals surface area contributed by atoms with E-state index < -0.39 is 0 Å². The number of pyridine rings is 1. The summed E-state index contributed by atoms with van der Waals surface area (Å²) in [7, 11) is 0. The molecule has 7 nitrogen and oxygen atoms in total. The zero-order valence-corrected chi connectivity index (χ0v) is 16.1. The first-order valence-electron chi connectivity index (χ1n) is 9.11. The van der Waals surface area contributed by atoms with Gasteiger partial charge in [0.1, 0.15) is 17.7 Å². The van der Waals surface area contributed by atoms with Crippen LogP contribution < -0.4 is 10.1 Å². The molecule has 0 aliphatic carbocycles. The molecule has 0 saturated heterocycles. The lowest BCUT2D eigenvalue weighted by atomic mass is 10.2. The number of fused-ring (bicyclic) bond motifs is 1. The maximum absolute atomic E-state index is 5.84. The van der Waals surface area contributed by atoms with Crippen molar-refractivity contribution in [2.45, 2.75) is 32.9 Å². The van der Waals surface area contributed by atoms with Crippen LogP contribution >= 0.6 is 0 Å². The van der Waals surface area contributed by atoms with Crippen LogP contribution in [0.3, 0.4) is 0 Å². The molecule has 0 aliphatic heterocycles. The van der Waals surface area contributed by atoms with E-state index in [4.69, 9.17) is 4.74 Å². The van der Waals surface area contributed by atoms with Gasteiger partial charge in [0.15, 0.2) is 5.65 Å². The molecule has 1 N–H and O–H groups in total. The van der Waals surface area contributed by atoms with E-state index in [2.05, 4.69) is 25.4 Å². The maximum atomic E-state index is 5.84. The smallest absolute Gasteiger partial charge is 0.214 e. The quantitative estimate of drug-likeness (QED) is 0.569. The maximum Gasteiger partial charge on any atom is 0.214 e. The molecule has 3 aromatic heterocycles. The van der Waals surface area contributed by atoms with Crippen molar-refractivity contribution in [1.29, 1.82) is 0 Å². The summed E-state index contributed by atoms with van der Waals surface area (Å²) >= 11 is 0. The molecule has 0 aliphatic rings. The predicted molar refractivity (Wildman–Crippen MR) is 109 cm³/mol. The molecular weight excluding hydrogens is 352 g/mol. The fraction of sp³-hybridized carbons (Fsp3) is 0.238. The lowest BCUT2D eigenvalue weighted by Crippen LogP contribution is -2.23. The molecule has 4 aromatic rings. The molecule has 3 heterocycles. The van der Waals surface area contributed by atoms with E-state index in [1.807, 2.05) is 67.9 Å². The van der Waals surface area contributed by atoms with Crippen molar-refractivity contribution >= 4 is 16.9 Å². The summed E-state index contributed by atoms with van der Waals surface area (Å²) in [5, 5.41) is 8.72. The summed E-state index contributed by atoms with van der Waals surface area (Å²) < 4.78 is 7.65. The highest BCUT2D eigenvalue weighted by atomic mass is 16.5. The third-order valence-electron chi connectivity index (χ3n) is 4.04. The number of hydrogen-bond donors (Lipinski definition) is 1. The molecule has 0 amide bonds. The first-order valence-corrected chi connectivity index (χ1v) is 9.11. The Morgan fingerprint density at radius 1 is 1.04 bits per heavy atom. The average Bonchev–Trinajstić information content (AvgIpc) is 3.11. The first-order chi connectivity index (χ1) is 13.5. The van der Waals surface area contributed by atoms with Crippen molar-refractivity contribution in [2.75, 3.05) is 5.32 Å². The molecule has 1 aromatic carbocycles. The fourth-order valence-corrected chi connectivity index (χ4v) is 2.86. The number of hydrogen-bond acceptors (Lipinski definition) is 6. The fourth-order valence-electron chi connectivity index (χ4n) is 2.86. The van der Waals surface area contributed by atoms with Crippen LogP contribution in [0.4, 0.5) is 5.82 Å². The van der Waals surface area contributed by atoms with Gasteiger partial charge in [0, 0.05) is 18.8 Å². The molecule has 0 spiro atoms.